The topological polar surface area (TPSA) is 70.8 Å². The van der Waals surface area contributed by atoms with Gasteiger partial charge in [0.1, 0.15) is 0 Å². The fraction of sp³-hybridized carbons (Fsp3) is 0.667. The van der Waals surface area contributed by atoms with Crippen LogP contribution in [0, 0.1) is 0 Å². The quantitative estimate of drug-likeness (QED) is 0.747. The minimum atomic E-state index is -0.158. The molecule has 124 valence electrons. The molecule has 2 amide bonds. The van der Waals surface area contributed by atoms with Crippen molar-refractivity contribution in [2.24, 2.45) is 5.73 Å². The van der Waals surface area contributed by atoms with E-state index in [0.717, 1.165) is 45.4 Å². The van der Waals surface area contributed by atoms with Gasteiger partial charge in [0.25, 0.3) is 0 Å². The van der Waals surface area contributed by atoms with Crippen molar-refractivity contribution in [2.45, 2.75) is 31.8 Å². The Kier molecular flexibility index (Phi) is 7.11. The van der Waals surface area contributed by atoms with E-state index < -0.39 is 0 Å². The average Bonchev–Trinajstić information content (AvgIpc) is 3.04. The van der Waals surface area contributed by atoms with Crippen LogP contribution in [-0.4, -0.2) is 55.2 Å². The Morgan fingerprint density at radius 3 is 2.91 bits per heavy atom. The van der Waals surface area contributed by atoms with Crippen LogP contribution in [0.2, 0.25) is 0 Å². The molecule has 2 heterocycles. The van der Waals surface area contributed by atoms with E-state index in [1.165, 1.54) is 12.7 Å². The maximum absolute atomic E-state index is 12.3. The third-order valence-electron chi connectivity index (χ3n) is 4.06. The van der Waals surface area contributed by atoms with Crippen LogP contribution >= 0.6 is 11.3 Å². The van der Waals surface area contributed by atoms with Crippen molar-refractivity contribution in [3.63, 3.8) is 0 Å². The molecule has 0 spiro atoms. The fourth-order valence-electron chi connectivity index (χ4n) is 2.86. The van der Waals surface area contributed by atoms with Gasteiger partial charge in [-0.3, -0.25) is 4.84 Å². The maximum atomic E-state index is 12.3. The van der Waals surface area contributed by atoms with Gasteiger partial charge in [-0.05, 0) is 54.7 Å². The zero-order chi connectivity index (χ0) is 15.8. The number of piperidine rings is 1. The van der Waals surface area contributed by atoms with Gasteiger partial charge in [0.05, 0.1) is 7.11 Å². The number of amides is 2. The highest BCUT2D eigenvalue weighted by atomic mass is 32.1. The molecule has 1 aromatic rings. The number of urea groups is 1. The van der Waals surface area contributed by atoms with Crippen LogP contribution in [0.5, 0.6) is 0 Å². The second kappa shape index (κ2) is 9.09. The number of hydrogen-bond donors (Lipinski definition) is 2. The molecule has 7 heteroatoms. The van der Waals surface area contributed by atoms with Gasteiger partial charge >= 0.3 is 6.03 Å². The number of hydrogen-bond acceptors (Lipinski definition) is 5. The van der Waals surface area contributed by atoms with E-state index in [4.69, 9.17) is 10.6 Å². The fourth-order valence-corrected chi connectivity index (χ4v) is 3.52. The number of thiophene rings is 1. The molecule has 1 fully saturated rings. The highest BCUT2D eigenvalue weighted by molar-refractivity contribution is 7.07. The zero-order valence-corrected chi connectivity index (χ0v) is 14.0. The molecule has 0 unspecified atom stereocenters. The maximum Gasteiger partial charge on any atom is 0.341 e. The predicted molar refractivity (Wildman–Crippen MR) is 88.5 cm³/mol. The molecule has 1 saturated heterocycles. The Balaban J connectivity index is 1.92. The predicted octanol–water partition coefficient (Wildman–Crippen LogP) is 1.63. The van der Waals surface area contributed by atoms with Crippen LogP contribution in [0.3, 0.4) is 0 Å². The molecule has 1 aliphatic rings. The lowest BCUT2D eigenvalue weighted by atomic mass is 10.0. The van der Waals surface area contributed by atoms with E-state index in [2.05, 4.69) is 21.8 Å². The number of rotatable bonds is 7. The first-order chi connectivity index (χ1) is 10.7. The molecule has 0 atom stereocenters. The molecule has 2 rings (SSSR count). The molecule has 3 N–H and O–H groups in total. The summed E-state index contributed by atoms with van der Waals surface area (Å²) in [7, 11) is 1.47. The van der Waals surface area contributed by atoms with Crippen molar-refractivity contribution in [3.05, 3.63) is 22.4 Å². The molecule has 0 radical (unpaired) electrons. The van der Waals surface area contributed by atoms with Crippen LogP contribution in [0.25, 0.3) is 0 Å². The number of carbonyl (C=O) groups excluding carboxylic acids is 1. The minimum absolute atomic E-state index is 0.158. The van der Waals surface area contributed by atoms with Crippen LogP contribution in [0.15, 0.2) is 16.8 Å². The standard InChI is InChI=1S/C15H26N4O2S/c1-21-17-15(20)19(11-13-5-10-22-12-13)14-3-8-18(9-4-14)7-2-6-16/h5,10,12,14H,2-4,6-9,11,16H2,1H3,(H,17,20). The first kappa shape index (κ1) is 17.2. The molecule has 22 heavy (non-hydrogen) atoms. The van der Waals surface area contributed by atoms with E-state index >= 15 is 0 Å². The highest BCUT2D eigenvalue weighted by Gasteiger charge is 2.28. The molecule has 0 bridgehead atoms. The van der Waals surface area contributed by atoms with Crippen molar-refractivity contribution in [2.75, 3.05) is 33.3 Å². The third-order valence-corrected chi connectivity index (χ3v) is 4.79. The number of nitrogens with two attached hydrogens (primary N) is 1. The molecule has 6 nitrogen and oxygen atoms in total. The Hall–Kier alpha value is -1.15. The van der Waals surface area contributed by atoms with E-state index in [9.17, 15) is 4.79 Å². The van der Waals surface area contributed by atoms with Gasteiger partial charge in [-0.15, -0.1) is 0 Å². The third kappa shape index (κ3) is 4.95. The molecule has 0 saturated carbocycles. The summed E-state index contributed by atoms with van der Waals surface area (Å²) >= 11 is 1.65. The van der Waals surface area contributed by atoms with E-state index in [-0.39, 0.29) is 12.1 Å². The van der Waals surface area contributed by atoms with E-state index in [0.29, 0.717) is 6.54 Å². The summed E-state index contributed by atoms with van der Waals surface area (Å²) in [5.41, 5.74) is 9.20. The van der Waals surface area contributed by atoms with Crippen LogP contribution in [-0.2, 0) is 11.4 Å². The summed E-state index contributed by atoms with van der Waals surface area (Å²) < 4.78 is 0. The van der Waals surface area contributed by atoms with Crippen LogP contribution < -0.4 is 11.2 Å². The van der Waals surface area contributed by atoms with Gasteiger partial charge < -0.3 is 15.5 Å². The molecule has 0 aromatic carbocycles. The van der Waals surface area contributed by atoms with E-state index in [1.54, 1.807) is 11.3 Å². The number of carbonyl (C=O) groups is 1. The van der Waals surface area contributed by atoms with Crippen LogP contribution in [0.1, 0.15) is 24.8 Å². The van der Waals surface area contributed by atoms with Crippen molar-refractivity contribution in [3.8, 4) is 0 Å². The first-order valence-electron chi connectivity index (χ1n) is 7.77. The van der Waals surface area contributed by atoms with Gasteiger partial charge in [0, 0.05) is 25.7 Å². The van der Waals surface area contributed by atoms with Gasteiger partial charge in [0.2, 0.25) is 0 Å². The largest absolute Gasteiger partial charge is 0.341 e. The van der Waals surface area contributed by atoms with Gasteiger partial charge in [0.15, 0.2) is 0 Å². The highest BCUT2D eigenvalue weighted by Crippen LogP contribution is 2.20. The van der Waals surface area contributed by atoms with Crippen molar-refractivity contribution < 1.29 is 9.63 Å². The summed E-state index contributed by atoms with van der Waals surface area (Å²) in [4.78, 5) is 21.4. The monoisotopic (exact) mass is 326 g/mol. The zero-order valence-electron chi connectivity index (χ0n) is 13.2. The summed E-state index contributed by atoms with van der Waals surface area (Å²) in [5, 5.41) is 4.13. The van der Waals surface area contributed by atoms with Crippen molar-refractivity contribution >= 4 is 17.4 Å². The van der Waals surface area contributed by atoms with Gasteiger partial charge in [-0.2, -0.15) is 11.3 Å². The summed E-state index contributed by atoms with van der Waals surface area (Å²) in [6.45, 7) is 4.46. The molecule has 0 aliphatic carbocycles. The number of nitrogens with one attached hydrogen (secondary N) is 1. The smallest absolute Gasteiger partial charge is 0.330 e. The van der Waals surface area contributed by atoms with Crippen molar-refractivity contribution in [1.82, 2.24) is 15.3 Å². The summed E-state index contributed by atoms with van der Waals surface area (Å²) in [6.07, 6.45) is 3.02. The number of hydroxylamine groups is 1. The molecule has 1 aliphatic heterocycles. The Morgan fingerprint density at radius 1 is 1.55 bits per heavy atom. The van der Waals surface area contributed by atoms with Gasteiger partial charge in [-0.1, -0.05) is 0 Å². The summed E-state index contributed by atoms with van der Waals surface area (Å²) in [5.74, 6) is 0. The SMILES string of the molecule is CONC(=O)N(Cc1ccsc1)C1CCN(CCCN)CC1. The Labute approximate surface area is 136 Å². The lowest BCUT2D eigenvalue weighted by Crippen LogP contribution is -2.50. The second-order valence-electron chi connectivity index (χ2n) is 5.59. The average molecular weight is 326 g/mol. The normalized spacial score (nSPS) is 16.6. The molecule has 1 aromatic heterocycles. The van der Waals surface area contributed by atoms with Crippen LogP contribution in [0.4, 0.5) is 4.79 Å². The minimum Gasteiger partial charge on any atom is -0.330 e. The van der Waals surface area contributed by atoms with E-state index in [1.807, 2.05) is 10.3 Å². The Morgan fingerprint density at radius 2 is 2.32 bits per heavy atom. The first-order valence-corrected chi connectivity index (χ1v) is 8.72. The summed E-state index contributed by atoms with van der Waals surface area (Å²) in [6, 6.07) is 2.16. The number of nitrogens with zero attached hydrogens (tertiary/aromatic N) is 2. The number of likely N-dealkylation sites (tertiary alicyclic amines) is 1. The van der Waals surface area contributed by atoms with Crippen molar-refractivity contribution in [1.29, 1.82) is 0 Å². The second-order valence-corrected chi connectivity index (χ2v) is 6.37. The van der Waals surface area contributed by atoms with Gasteiger partial charge in [-0.25, -0.2) is 10.3 Å². The molecular weight excluding hydrogens is 300 g/mol. The lowest BCUT2D eigenvalue weighted by molar-refractivity contribution is 0.0624. The Bertz CT molecular complexity index is 433. The molecular formula is C15H26N4O2S. The lowest BCUT2D eigenvalue weighted by Gasteiger charge is -2.38.